The minimum Gasteiger partial charge on any atom is -0.362 e. The van der Waals surface area contributed by atoms with E-state index in [1.54, 1.807) is 0 Å². The number of ketones is 1. The molecule has 0 aromatic rings. The quantitative estimate of drug-likeness (QED) is 0.567. The Kier molecular flexibility index (Phi) is 1.34. The number of nitriles is 1. The fourth-order valence-corrected chi connectivity index (χ4v) is 3.86. The Hall–Kier alpha value is -0.590. The predicted octanol–water partition coefficient (Wildman–Crippen LogP) is 1.25. The number of Topliss-reactive ketones (excluding diaryl/α,β-unsaturated/α-hetero) is 1. The SMILES string of the molecule is C[C@]12C[C@]3(C#N)C[C@H]1[C@H](Cl)[C@H](O2)C3=O. The Bertz CT molecular complexity index is 377. The lowest BCUT2D eigenvalue weighted by Crippen LogP contribution is -2.48. The van der Waals surface area contributed by atoms with Crippen molar-refractivity contribution in [3.8, 4) is 6.07 Å². The Labute approximate surface area is 87.0 Å². The number of carbonyl (C=O) groups is 1. The van der Waals surface area contributed by atoms with E-state index in [-0.39, 0.29) is 22.7 Å². The highest BCUT2D eigenvalue weighted by atomic mass is 35.5. The lowest BCUT2D eigenvalue weighted by Gasteiger charge is -2.34. The van der Waals surface area contributed by atoms with Gasteiger partial charge >= 0.3 is 0 Å². The first kappa shape index (κ1) is 8.70. The first-order chi connectivity index (χ1) is 6.52. The monoisotopic (exact) mass is 211 g/mol. The largest absolute Gasteiger partial charge is 0.362 e. The highest BCUT2D eigenvalue weighted by molar-refractivity contribution is 6.24. The minimum atomic E-state index is -0.784. The molecule has 5 atom stereocenters. The maximum Gasteiger partial charge on any atom is 0.183 e. The molecule has 2 aliphatic carbocycles. The van der Waals surface area contributed by atoms with Gasteiger partial charge in [0, 0.05) is 12.3 Å². The van der Waals surface area contributed by atoms with Crippen molar-refractivity contribution in [3.05, 3.63) is 0 Å². The van der Waals surface area contributed by atoms with Crippen LogP contribution in [0.2, 0.25) is 0 Å². The van der Waals surface area contributed by atoms with Crippen LogP contribution >= 0.6 is 11.6 Å². The standard InChI is InChI=1S/C10H10ClNO2/c1-9-3-10(4-12)2-5(9)6(11)7(14-9)8(10)13/h5-7H,2-3H2,1H3/t5-,6-,7-,9-,10-/m0/s1. The molecule has 0 unspecified atom stereocenters. The number of halogens is 1. The molecule has 74 valence electrons. The van der Waals surface area contributed by atoms with E-state index in [0.29, 0.717) is 12.8 Å². The van der Waals surface area contributed by atoms with E-state index in [4.69, 9.17) is 21.6 Å². The second-order valence-corrected chi connectivity index (χ2v) is 5.35. The first-order valence-corrected chi connectivity index (χ1v) is 5.24. The van der Waals surface area contributed by atoms with Crippen molar-refractivity contribution < 1.29 is 9.53 Å². The van der Waals surface area contributed by atoms with Crippen LogP contribution in [0.5, 0.6) is 0 Å². The summed E-state index contributed by atoms with van der Waals surface area (Å²) in [6.45, 7) is 1.97. The average molecular weight is 212 g/mol. The third-order valence-corrected chi connectivity index (χ3v) is 4.55. The van der Waals surface area contributed by atoms with Crippen molar-refractivity contribution in [1.82, 2.24) is 0 Å². The maximum absolute atomic E-state index is 11.9. The van der Waals surface area contributed by atoms with Gasteiger partial charge in [-0.2, -0.15) is 5.26 Å². The Morgan fingerprint density at radius 3 is 3.00 bits per heavy atom. The van der Waals surface area contributed by atoms with Crippen molar-refractivity contribution in [3.63, 3.8) is 0 Å². The van der Waals surface area contributed by atoms with Crippen molar-refractivity contribution in [1.29, 1.82) is 5.26 Å². The van der Waals surface area contributed by atoms with Gasteiger partial charge in [-0.15, -0.1) is 11.6 Å². The van der Waals surface area contributed by atoms with E-state index >= 15 is 0 Å². The Balaban J connectivity index is 2.15. The maximum atomic E-state index is 11.9. The van der Waals surface area contributed by atoms with Gasteiger partial charge in [-0.1, -0.05) is 0 Å². The molecule has 4 heteroatoms. The molecular formula is C10H10ClNO2. The summed E-state index contributed by atoms with van der Waals surface area (Å²) in [5.74, 6) is 0.0812. The summed E-state index contributed by atoms with van der Waals surface area (Å²) in [6, 6.07) is 2.18. The molecule has 4 aliphatic rings. The molecule has 4 bridgehead atoms. The van der Waals surface area contributed by atoms with E-state index in [1.165, 1.54) is 0 Å². The topological polar surface area (TPSA) is 50.1 Å². The van der Waals surface area contributed by atoms with Crippen LogP contribution in [0.4, 0.5) is 0 Å². The van der Waals surface area contributed by atoms with E-state index in [2.05, 4.69) is 6.07 Å². The number of alkyl halides is 1. The predicted molar refractivity (Wildman–Crippen MR) is 48.7 cm³/mol. The van der Waals surface area contributed by atoms with Gasteiger partial charge in [-0.05, 0) is 13.3 Å². The van der Waals surface area contributed by atoms with Gasteiger partial charge in [-0.3, -0.25) is 4.79 Å². The lowest BCUT2D eigenvalue weighted by atomic mass is 9.74. The Morgan fingerprint density at radius 2 is 2.43 bits per heavy atom. The van der Waals surface area contributed by atoms with Crippen LogP contribution < -0.4 is 0 Å². The molecule has 0 spiro atoms. The first-order valence-electron chi connectivity index (χ1n) is 4.80. The second kappa shape index (κ2) is 2.15. The minimum absolute atomic E-state index is 0.0915. The summed E-state index contributed by atoms with van der Waals surface area (Å²) >= 11 is 6.15. The zero-order valence-corrected chi connectivity index (χ0v) is 8.54. The molecule has 2 saturated carbocycles. The third-order valence-electron chi connectivity index (χ3n) is 4.02. The van der Waals surface area contributed by atoms with Crippen molar-refractivity contribution in [2.24, 2.45) is 11.3 Å². The number of carbonyl (C=O) groups excluding carboxylic acids is 1. The molecule has 3 nitrogen and oxygen atoms in total. The molecule has 2 saturated heterocycles. The lowest BCUT2D eigenvalue weighted by molar-refractivity contribution is -0.151. The normalized spacial score (nSPS) is 59.2. The molecule has 4 fully saturated rings. The smallest absolute Gasteiger partial charge is 0.183 e. The van der Waals surface area contributed by atoms with E-state index in [9.17, 15) is 4.79 Å². The molecule has 0 N–H and O–H groups in total. The molecule has 14 heavy (non-hydrogen) atoms. The van der Waals surface area contributed by atoms with E-state index < -0.39 is 11.5 Å². The number of rotatable bonds is 0. The fraction of sp³-hybridized carbons (Fsp3) is 0.800. The summed E-state index contributed by atoms with van der Waals surface area (Å²) in [4.78, 5) is 11.9. The number of nitrogens with zero attached hydrogens (tertiary/aromatic N) is 1. The van der Waals surface area contributed by atoms with Gasteiger partial charge in [0.05, 0.1) is 17.0 Å². The summed E-state index contributed by atoms with van der Waals surface area (Å²) in [5.41, 5.74) is -1.12. The fourth-order valence-electron chi connectivity index (χ4n) is 3.34. The van der Waals surface area contributed by atoms with Crippen molar-refractivity contribution in [2.45, 2.75) is 36.8 Å². The van der Waals surface area contributed by atoms with Crippen molar-refractivity contribution in [2.75, 3.05) is 0 Å². The van der Waals surface area contributed by atoms with Crippen LogP contribution in [0, 0.1) is 22.7 Å². The van der Waals surface area contributed by atoms with Crippen LogP contribution in [0.15, 0.2) is 0 Å². The summed E-state index contributed by atoms with van der Waals surface area (Å²) in [6.07, 6.45) is 0.581. The Morgan fingerprint density at radius 1 is 1.71 bits per heavy atom. The molecule has 0 amide bonds. The molecule has 4 rings (SSSR count). The van der Waals surface area contributed by atoms with Crippen LogP contribution in [-0.2, 0) is 9.53 Å². The summed E-state index contributed by atoms with van der Waals surface area (Å²) < 4.78 is 5.66. The highest BCUT2D eigenvalue weighted by Gasteiger charge is 2.72. The average Bonchev–Trinajstić information content (AvgIpc) is 2.52. The van der Waals surface area contributed by atoms with E-state index in [1.807, 2.05) is 6.92 Å². The molecular weight excluding hydrogens is 202 g/mol. The van der Waals surface area contributed by atoms with Gasteiger partial charge in [0.2, 0.25) is 0 Å². The van der Waals surface area contributed by atoms with Gasteiger partial charge < -0.3 is 4.74 Å². The van der Waals surface area contributed by atoms with Crippen LogP contribution in [-0.4, -0.2) is 22.9 Å². The van der Waals surface area contributed by atoms with Gasteiger partial charge in [-0.25, -0.2) is 0 Å². The third kappa shape index (κ3) is 0.687. The zero-order valence-electron chi connectivity index (χ0n) is 7.79. The van der Waals surface area contributed by atoms with Crippen LogP contribution in [0.1, 0.15) is 19.8 Å². The second-order valence-electron chi connectivity index (χ2n) is 4.84. The van der Waals surface area contributed by atoms with Crippen LogP contribution in [0.25, 0.3) is 0 Å². The zero-order chi connectivity index (χ0) is 10.1. The number of hydrogen-bond donors (Lipinski definition) is 0. The number of ether oxygens (including phenoxy) is 1. The van der Waals surface area contributed by atoms with Gasteiger partial charge in [0.25, 0.3) is 0 Å². The molecule has 2 heterocycles. The van der Waals surface area contributed by atoms with Gasteiger partial charge in [0.1, 0.15) is 11.5 Å². The summed E-state index contributed by atoms with van der Waals surface area (Å²) in [7, 11) is 0. The molecule has 2 aliphatic heterocycles. The number of hydrogen-bond acceptors (Lipinski definition) is 3. The molecule has 0 radical (unpaired) electrons. The molecule has 0 aromatic heterocycles. The van der Waals surface area contributed by atoms with E-state index in [0.717, 1.165) is 0 Å². The highest BCUT2D eigenvalue weighted by Crippen LogP contribution is 2.63. The van der Waals surface area contributed by atoms with Crippen LogP contribution in [0.3, 0.4) is 0 Å². The van der Waals surface area contributed by atoms with Crippen molar-refractivity contribution >= 4 is 17.4 Å². The summed E-state index contributed by atoms with van der Waals surface area (Å²) in [5, 5.41) is 8.88. The van der Waals surface area contributed by atoms with Gasteiger partial charge in [0.15, 0.2) is 5.78 Å². The molecule has 0 aromatic carbocycles.